The minimum atomic E-state index is 0.216. The van der Waals surface area contributed by atoms with Gasteiger partial charge in [0.1, 0.15) is 5.75 Å². The third-order valence-electron chi connectivity index (χ3n) is 4.92. The predicted molar refractivity (Wildman–Crippen MR) is 118 cm³/mol. The molecule has 2 N–H and O–H groups in total. The molecule has 0 amide bonds. The Morgan fingerprint density at radius 1 is 1.11 bits per heavy atom. The van der Waals surface area contributed by atoms with E-state index in [2.05, 4.69) is 59.7 Å². The van der Waals surface area contributed by atoms with Gasteiger partial charge in [0.15, 0.2) is 5.11 Å². The normalized spacial score (nSPS) is 15.7. The Labute approximate surface area is 173 Å². The number of aryl methyl sites for hydroxylation is 2. The third kappa shape index (κ3) is 5.67. The van der Waals surface area contributed by atoms with E-state index in [1.165, 1.54) is 16.7 Å². The Hall–Kier alpha value is -2.15. The highest BCUT2D eigenvalue weighted by atomic mass is 32.1. The fraction of sp³-hybridized carbons (Fsp3) is 0.409. The molecule has 5 nitrogen and oxygen atoms in total. The molecule has 3 rings (SSSR count). The largest absolute Gasteiger partial charge is 0.497 e. The maximum Gasteiger partial charge on any atom is 0.170 e. The van der Waals surface area contributed by atoms with Gasteiger partial charge in [-0.15, -0.1) is 0 Å². The van der Waals surface area contributed by atoms with Gasteiger partial charge in [-0.1, -0.05) is 18.2 Å². The average Bonchev–Trinajstić information content (AvgIpc) is 2.68. The second-order valence-electron chi connectivity index (χ2n) is 7.15. The van der Waals surface area contributed by atoms with Gasteiger partial charge in [-0.2, -0.15) is 0 Å². The van der Waals surface area contributed by atoms with Gasteiger partial charge in [-0.3, -0.25) is 4.90 Å². The molecule has 6 heteroatoms. The van der Waals surface area contributed by atoms with Crippen molar-refractivity contribution in [1.82, 2.24) is 10.2 Å². The van der Waals surface area contributed by atoms with Gasteiger partial charge in [0.25, 0.3) is 0 Å². The molecule has 0 aliphatic carbocycles. The van der Waals surface area contributed by atoms with Gasteiger partial charge >= 0.3 is 0 Å². The van der Waals surface area contributed by atoms with Crippen molar-refractivity contribution in [3.63, 3.8) is 0 Å². The number of ether oxygens (including phenoxy) is 2. The Balaban J connectivity index is 1.67. The van der Waals surface area contributed by atoms with Crippen LogP contribution in [0.3, 0.4) is 0 Å². The monoisotopic (exact) mass is 399 g/mol. The summed E-state index contributed by atoms with van der Waals surface area (Å²) in [5.41, 5.74) is 4.69. The Morgan fingerprint density at radius 3 is 2.36 bits per heavy atom. The van der Waals surface area contributed by atoms with E-state index in [1.54, 1.807) is 7.11 Å². The van der Waals surface area contributed by atoms with Crippen LogP contribution in [0, 0.1) is 13.8 Å². The minimum absolute atomic E-state index is 0.216. The van der Waals surface area contributed by atoms with Crippen LogP contribution in [-0.2, 0) is 4.74 Å². The number of hydrogen-bond donors (Lipinski definition) is 2. The van der Waals surface area contributed by atoms with Gasteiger partial charge in [-0.05, 0) is 67.0 Å². The van der Waals surface area contributed by atoms with E-state index in [0.29, 0.717) is 5.11 Å². The molecule has 1 atom stereocenters. The topological polar surface area (TPSA) is 45.8 Å². The molecule has 1 unspecified atom stereocenters. The van der Waals surface area contributed by atoms with Crippen LogP contribution in [0.25, 0.3) is 0 Å². The third-order valence-corrected chi connectivity index (χ3v) is 5.17. The fourth-order valence-corrected chi connectivity index (χ4v) is 3.79. The summed E-state index contributed by atoms with van der Waals surface area (Å²) in [5.74, 6) is 0.865. The van der Waals surface area contributed by atoms with Crippen molar-refractivity contribution < 1.29 is 9.47 Å². The van der Waals surface area contributed by atoms with E-state index in [1.807, 2.05) is 12.1 Å². The fourth-order valence-electron chi connectivity index (χ4n) is 3.58. The molecule has 0 aromatic heterocycles. The molecule has 2 aromatic carbocycles. The van der Waals surface area contributed by atoms with Crippen molar-refractivity contribution in [1.29, 1.82) is 0 Å². The number of morpholine rings is 1. The van der Waals surface area contributed by atoms with E-state index >= 15 is 0 Å². The average molecular weight is 400 g/mol. The van der Waals surface area contributed by atoms with Crippen molar-refractivity contribution in [2.45, 2.75) is 19.9 Å². The molecule has 2 aromatic rings. The van der Waals surface area contributed by atoms with Crippen LogP contribution in [-0.4, -0.2) is 50.0 Å². The molecule has 1 heterocycles. The van der Waals surface area contributed by atoms with Crippen molar-refractivity contribution in [2.75, 3.05) is 45.3 Å². The van der Waals surface area contributed by atoms with Crippen LogP contribution in [0.5, 0.6) is 5.75 Å². The molecule has 1 fully saturated rings. The highest BCUT2D eigenvalue weighted by molar-refractivity contribution is 7.80. The Morgan fingerprint density at radius 2 is 1.75 bits per heavy atom. The standard InChI is InChI=1S/C22H29N3O2S/c1-16-12-17(2)14-19(13-16)24-22(28)23-15-21(25-8-10-27-11-9-25)18-4-6-20(26-3)7-5-18/h4-7,12-14,21H,8-11,15H2,1-3H3,(H2,23,24,28). The van der Waals surface area contributed by atoms with Crippen LogP contribution >= 0.6 is 12.2 Å². The second-order valence-corrected chi connectivity index (χ2v) is 7.56. The first-order valence-electron chi connectivity index (χ1n) is 9.64. The van der Waals surface area contributed by atoms with Gasteiger partial charge < -0.3 is 20.1 Å². The summed E-state index contributed by atoms with van der Waals surface area (Å²) >= 11 is 5.55. The molecule has 1 saturated heterocycles. The number of nitrogens with one attached hydrogen (secondary N) is 2. The summed E-state index contributed by atoms with van der Waals surface area (Å²) < 4.78 is 10.8. The Bertz CT molecular complexity index is 769. The maximum atomic E-state index is 5.55. The molecular formula is C22H29N3O2S. The van der Waals surface area contributed by atoms with Gasteiger partial charge in [0, 0.05) is 25.3 Å². The van der Waals surface area contributed by atoms with Gasteiger partial charge in [0.05, 0.1) is 26.4 Å². The molecule has 1 aliphatic rings. The number of anilines is 1. The number of methoxy groups -OCH3 is 1. The minimum Gasteiger partial charge on any atom is -0.497 e. The summed E-state index contributed by atoms with van der Waals surface area (Å²) in [6.45, 7) is 8.25. The zero-order chi connectivity index (χ0) is 19.9. The van der Waals surface area contributed by atoms with Crippen molar-refractivity contribution in [2.24, 2.45) is 0 Å². The number of thiocarbonyl (C=S) groups is 1. The maximum absolute atomic E-state index is 5.55. The van der Waals surface area contributed by atoms with E-state index < -0.39 is 0 Å². The van der Waals surface area contributed by atoms with Gasteiger partial charge in [0.2, 0.25) is 0 Å². The number of hydrogen-bond acceptors (Lipinski definition) is 4. The molecule has 0 saturated carbocycles. The lowest BCUT2D eigenvalue weighted by atomic mass is 10.0. The molecule has 0 bridgehead atoms. The lowest BCUT2D eigenvalue weighted by Crippen LogP contribution is -2.44. The molecule has 150 valence electrons. The van der Waals surface area contributed by atoms with Gasteiger partial charge in [-0.25, -0.2) is 0 Å². The van der Waals surface area contributed by atoms with Crippen LogP contribution in [0.4, 0.5) is 5.69 Å². The Kier molecular flexibility index (Phi) is 7.25. The van der Waals surface area contributed by atoms with E-state index in [9.17, 15) is 0 Å². The number of rotatable bonds is 6. The van der Waals surface area contributed by atoms with Crippen LogP contribution in [0.1, 0.15) is 22.7 Å². The van der Waals surface area contributed by atoms with E-state index in [-0.39, 0.29) is 6.04 Å². The highest BCUT2D eigenvalue weighted by Crippen LogP contribution is 2.24. The predicted octanol–water partition coefficient (Wildman–Crippen LogP) is 3.67. The zero-order valence-electron chi connectivity index (χ0n) is 16.8. The molecule has 0 spiro atoms. The smallest absolute Gasteiger partial charge is 0.170 e. The first-order chi connectivity index (χ1) is 13.5. The molecule has 0 radical (unpaired) electrons. The zero-order valence-corrected chi connectivity index (χ0v) is 17.6. The number of benzene rings is 2. The van der Waals surface area contributed by atoms with Crippen molar-refractivity contribution in [3.05, 3.63) is 59.2 Å². The quantitative estimate of drug-likeness (QED) is 0.723. The van der Waals surface area contributed by atoms with Crippen LogP contribution in [0.15, 0.2) is 42.5 Å². The second kappa shape index (κ2) is 9.87. The van der Waals surface area contributed by atoms with Crippen LogP contribution < -0.4 is 15.4 Å². The SMILES string of the molecule is COc1ccc(C(CNC(=S)Nc2cc(C)cc(C)c2)N2CCOCC2)cc1. The van der Waals surface area contributed by atoms with Crippen LogP contribution in [0.2, 0.25) is 0 Å². The lowest BCUT2D eigenvalue weighted by Gasteiger charge is -2.35. The van der Waals surface area contributed by atoms with E-state index in [0.717, 1.165) is 44.3 Å². The number of nitrogens with zero attached hydrogens (tertiary/aromatic N) is 1. The summed E-state index contributed by atoms with van der Waals surface area (Å²) in [7, 11) is 1.69. The van der Waals surface area contributed by atoms with Crippen molar-refractivity contribution in [3.8, 4) is 5.75 Å². The molecular weight excluding hydrogens is 370 g/mol. The summed E-state index contributed by atoms with van der Waals surface area (Å²) in [5, 5.41) is 7.35. The molecule has 28 heavy (non-hydrogen) atoms. The summed E-state index contributed by atoms with van der Waals surface area (Å²) in [6, 6.07) is 14.8. The summed E-state index contributed by atoms with van der Waals surface area (Å²) in [6.07, 6.45) is 0. The highest BCUT2D eigenvalue weighted by Gasteiger charge is 2.23. The first-order valence-corrected chi connectivity index (χ1v) is 10.0. The lowest BCUT2D eigenvalue weighted by molar-refractivity contribution is 0.0170. The van der Waals surface area contributed by atoms with Crippen molar-refractivity contribution >= 4 is 23.0 Å². The first kappa shape index (κ1) is 20.6. The van der Waals surface area contributed by atoms with E-state index in [4.69, 9.17) is 21.7 Å². The molecule has 1 aliphatic heterocycles. The summed E-state index contributed by atoms with van der Waals surface area (Å²) in [4.78, 5) is 2.44.